The normalized spacial score (nSPS) is 12.1. The summed E-state index contributed by atoms with van der Waals surface area (Å²) in [5.41, 5.74) is 5.14. The van der Waals surface area contributed by atoms with Crippen molar-refractivity contribution < 1.29 is 4.92 Å². The first-order chi connectivity index (χ1) is 7.06. The second-order valence-electron chi connectivity index (χ2n) is 3.17. The third-order valence-corrected chi connectivity index (χ3v) is 2.03. The number of nitrogens with two attached hydrogens (primary N) is 1. The Bertz CT molecular complexity index is 368. The first kappa shape index (κ1) is 11.2. The van der Waals surface area contributed by atoms with Gasteiger partial charge in [-0.25, -0.2) is 9.97 Å². The van der Waals surface area contributed by atoms with Gasteiger partial charge in [0.15, 0.2) is 0 Å². The Morgan fingerprint density at radius 1 is 1.67 bits per heavy atom. The summed E-state index contributed by atoms with van der Waals surface area (Å²) in [4.78, 5) is 17.5. The molecule has 0 saturated heterocycles. The second-order valence-corrected chi connectivity index (χ2v) is 3.17. The lowest BCUT2D eigenvalue weighted by Gasteiger charge is -2.11. The molecule has 15 heavy (non-hydrogen) atoms. The van der Waals surface area contributed by atoms with E-state index in [0.717, 1.165) is 6.42 Å². The number of nitrogen functional groups attached to an aromatic ring is 1. The second kappa shape index (κ2) is 4.54. The van der Waals surface area contributed by atoms with E-state index in [1.54, 1.807) is 0 Å². The van der Waals surface area contributed by atoms with Crippen molar-refractivity contribution >= 4 is 17.3 Å². The lowest BCUT2D eigenvalue weighted by Crippen LogP contribution is -2.16. The summed E-state index contributed by atoms with van der Waals surface area (Å²) in [5, 5.41) is 13.6. The molecule has 0 aliphatic carbocycles. The molecular weight excluding hydrogens is 198 g/mol. The van der Waals surface area contributed by atoms with Crippen LogP contribution in [0.1, 0.15) is 20.3 Å². The topological polar surface area (TPSA) is 107 Å². The molecule has 0 bridgehead atoms. The van der Waals surface area contributed by atoms with Gasteiger partial charge in [0.05, 0.1) is 4.92 Å². The average Bonchev–Trinajstić information content (AvgIpc) is 2.17. The van der Waals surface area contributed by atoms with Crippen LogP contribution in [0.4, 0.5) is 17.3 Å². The van der Waals surface area contributed by atoms with Crippen molar-refractivity contribution in [3.63, 3.8) is 0 Å². The lowest BCUT2D eigenvalue weighted by molar-refractivity contribution is -0.383. The SMILES string of the molecule is CC[C@@H](C)Nc1ncnc(N)c1[N+](=O)[O-]. The van der Waals surface area contributed by atoms with Crippen LogP contribution in [0.3, 0.4) is 0 Å². The molecule has 1 heterocycles. The molecule has 82 valence electrons. The van der Waals surface area contributed by atoms with E-state index >= 15 is 0 Å². The van der Waals surface area contributed by atoms with Gasteiger partial charge in [-0.3, -0.25) is 10.1 Å². The summed E-state index contributed by atoms with van der Waals surface area (Å²) < 4.78 is 0. The molecule has 1 atom stereocenters. The van der Waals surface area contributed by atoms with Crippen molar-refractivity contribution in [3.05, 3.63) is 16.4 Å². The van der Waals surface area contributed by atoms with Crippen molar-refractivity contribution in [1.29, 1.82) is 0 Å². The van der Waals surface area contributed by atoms with Crippen LogP contribution in [-0.4, -0.2) is 20.9 Å². The Morgan fingerprint density at radius 2 is 2.33 bits per heavy atom. The molecule has 0 aromatic carbocycles. The Morgan fingerprint density at radius 3 is 2.87 bits per heavy atom. The van der Waals surface area contributed by atoms with Crippen LogP contribution in [0.25, 0.3) is 0 Å². The van der Waals surface area contributed by atoms with E-state index in [4.69, 9.17) is 5.73 Å². The quantitative estimate of drug-likeness (QED) is 0.572. The van der Waals surface area contributed by atoms with Crippen LogP contribution in [0.5, 0.6) is 0 Å². The molecular formula is C8H13N5O2. The molecule has 0 aliphatic rings. The number of rotatable bonds is 4. The number of hydrogen-bond donors (Lipinski definition) is 2. The van der Waals surface area contributed by atoms with E-state index in [0.29, 0.717) is 0 Å². The molecule has 0 aliphatic heterocycles. The maximum Gasteiger partial charge on any atom is 0.352 e. The molecule has 0 radical (unpaired) electrons. The van der Waals surface area contributed by atoms with Crippen LogP contribution < -0.4 is 11.1 Å². The molecule has 1 aromatic heterocycles. The van der Waals surface area contributed by atoms with Gasteiger partial charge in [0.1, 0.15) is 6.33 Å². The van der Waals surface area contributed by atoms with Crippen LogP contribution in [0, 0.1) is 10.1 Å². The van der Waals surface area contributed by atoms with Crippen LogP contribution in [-0.2, 0) is 0 Å². The fraction of sp³-hybridized carbons (Fsp3) is 0.500. The molecule has 0 unspecified atom stereocenters. The van der Waals surface area contributed by atoms with Gasteiger partial charge < -0.3 is 11.1 Å². The minimum absolute atomic E-state index is 0.0954. The lowest BCUT2D eigenvalue weighted by atomic mass is 10.2. The van der Waals surface area contributed by atoms with E-state index < -0.39 is 4.92 Å². The Hall–Kier alpha value is -1.92. The first-order valence-corrected chi connectivity index (χ1v) is 4.57. The van der Waals surface area contributed by atoms with E-state index in [1.807, 2.05) is 13.8 Å². The van der Waals surface area contributed by atoms with Crippen molar-refractivity contribution in [2.24, 2.45) is 0 Å². The van der Waals surface area contributed by atoms with Crippen LogP contribution in [0.2, 0.25) is 0 Å². The molecule has 0 amide bonds. The highest BCUT2D eigenvalue weighted by molar-refractivity contribution is 5.67. The van der Waals surface area contributed by atoms with Gasteiger partial charge in [-0.05, 0) is 13.3 Å². The monoisotopic (exact) mass is 211 g/mol. The summed E-state index contributed by atoms with van der Waals surface area (Å²) in [6.45, 7) is 3.87. The summed E-state index contributed by atoms with van der Waals surface area (Å²) in [6.07, 6.45) is 2.04. The molecule has 1 rings (SSSR count). The molecule has 1 aromatic rings. The summed E-state index contributed by atoms with van der Waals surface area (Å²) in [5.74, 6) is 0.0441. The zero-order chi connectivity index (χ0) is 11.4. The zero-order valence-corrected chi connectivity index (χ0v) is 8.60. The largest absolute Gasteiger partial charge is 0.378 e. The zero-order valence-electron chi connectivity index (χ0n) is 8.60. The Labute approximate surface area is 86.9 Å². The average molecular weight is 211 g/mol. The fourth-order valence-electron chi connectivity index (χ4n) is 1.01. The Kier molecular flexibility index (Phi) is 3.37. The van der Waals surface area contributed by atoms with Gasteiger partial charge in [0, 0.05) is 6.04 Å². The first-order valence-electron chi connectivity index (χ1n) is 4.57. The fourth-order valence-corrected chi connectivity index (χ4v) is 1.01. The number of nitro groups is 1. The number of nitrogens with zero attached hydrogens (tertiary/aromatic N) is 3. The summed E-state index contributed by atoms with van der Waals surface area (Å²) in [6, 6.07) is 0.0954. The number of aromatic nitrogens is 2. The smallest absolute Gasteiger partial charge is 0.352 e. The molecule has 0 saturated carbocycles. The van der Waals surface area contributed by atoms with E-state index in [-0.39, 0.29) is 23.4 Å². The summed E-state index contributed by atoms with van der Waals surface area (Å²) in [7, 11) is 0. The predicted octanol–water partition coefficient (Wildman–Crippen LogP) is 1.18. The van der Waals surface area contributed by atoms with Gasteiger partial charge in [-0.2, -0.15) is 0 Å². The van der Waals surface area contributed by atoms with Crippen molar-refractivity contribution in [1.82, 2.24) is 9.97 Å². The van der Waals surface area contributed by atoms with Gasteiger partial charge >= 0.3 is 5.69 Å². The highest BCUT2D eigenvalue weighted by atomic mass is 16.6. The minimum Gasteiger partial charge on any atom is -0.378 e. The third-order valence-electron chi connectivity index (χ3n) is 2.03. The van der Waals surface area contributed by atoms with Crippen LogP contribution >= 0.6 is 0 Å². The van der Waals surface area contributed by atoms with E-state index in [9.17, 15) is 10.1 Å². The Balaban J connectivity index is 3.06. The highest BCUT2D eigenvalue weighted by Crippen LogP contribution is 2.26. The molecule has 3 N–H and O–H groups in total. The van der Waals surface area contributed by atoms with Crippen molar-refractivity contribution in [2.75, 3.05) is 11.1 Å². The highest BCUT2D eigenvalue weighted by Gasteiger charge is 2.21. The summed E-state index contributed by atoms with van der Waals surface area (Å²) >= 11 is 0. The van der Waals surface area contributed by atoms with Gasteiger partial charge in [-0.15, -0.1) is 0 Å². The molecule has 7 heteroatoms. The predicted molar refractivity (Wildman–Crippen MR) is 56.5 cm³/mol. The van der Waals surface area contributed by atoms with Crippen LogP contribution in [0.15, 0.2) is 6.33 Å². The van der Waals surface area contributed by atoms with Gasteiger partial charge in [0.25, 0.3) is 0 Å². The minimum atomic E-state index is -0.583. The van der Waals surface area contributed by atoms with Crippen molar-refractivity contribution in [2.45, 2.75) is 26.3 Å². The number of nitrogens with one attached hydrogen (secondary N) is 1. The number of hydrogen-bond acceptors (Lipinski definition) is 6. The maximum atomic E-state index is 10.7. The standard InChI is InChI=1S/C8H13N5O2/c1-3-5(2)12-8-6(13(14)15)7(9)10-4-11-8/h4-5H,3H2,1-2H3,(H3,9,10,11,12)/t5-/m1/s1. The van der Waals surface area contributed by atoms with E-state index in [2.05, 4.69) is 15.3 Å². The maximum absolute atomic E-state index is 10.7. The van der Waals surface area contributed by atoms with Gasteiger partial charge in [0.2, 0.25) is 11.6 Å². The third kappa shape index (κ3) is 2.52. The van der Waals surface area contributed by atoms with Crippen molar-refractivity contribution in [3.8, 4) is 0 Å². The van der Waals surface area contributed by atoms with E-state index in [1.165, 1.54) is 6.33 Å². The molecule has 0 spiro atoms. The van der Waals surface area contributed by atoms with Gasteiger partial charge in [-0.1, -0.05) is 6.92 Å². The number of anilines is 2. The molecule has 0 fully saturated rings. The molecule has 7 nitrogen and oxygen atoms in total.